The first kappa shape index (κ1) is 53.7. The lowest BCUT2D eigenvalue weighted by Gasteiger charge is -2.26. The van der Waals surface area contributed by atoms with Gasteiger partial charge in [0.25, 0.3) is 0 Å². The molecule has 0 aromatic heterocycles. The van der Waals surface area contributed by atoms with E-state index in [1.165, 1.54) is 109 Å². The molecule has 0 aromatic carbocycles. The van der Waals surface area contributed by atoms with Crippen LogP contribution in [0.1, 0.15) is 238 Å². The number of nitrogens with zero attached hydrogens (tertiary/aromatic N) is 1. The average Bonchev–Trinajstić information content (AvgIpc) is 3.20. The van der Waals surface area contributed by atoms with Crippen molar-refractivity contribution in [3.05, 3.63) is 0 Å². The number of rotatable bonds is 42. The van der Waals surface area contributed by atoms with Gasteiger partial charge in [0.2, 0.25) is 0 Å². The molecular formula is C48H89NO9. The highest BCUT2D eigenvalue weighted by atomic mass is 16.7. The van der Waals surface area contributed by atoms with E-state index in [1.54, 1.807) is 0 Å². The summed E-state index contributed by atoms with van der Waals surface area (Å²) in [4.78, 5) is 49.3. The number of esters is 1. The molecule has 0 aliphatic carbocycles. The molecule has 1 rings (SSSR count). The van der Waals surface area contributed by atoms with Gasteiger partial charge in [-0.2, -0.15) is 0 Å². The van der Waals surface area contributed by atoms with Crippen molar-refractivity contribution in [3.63, 3.8) is 0 Å². The van der Waals surface area contributed by atoms with E-state index < -0.39 is 18.1 Å². The number of unbranched alkanes of at least 4 members (excludes halogenated alkanes) is 20. The molecule has 1 atom stereocenters. The number of aliphatic carboxylic acids is 2. The molecule has 340 valence electrons. The summed E-state index contributed by atoms with van der Waals surface area (Å²) in [5.74, 6) is -0.960. The number of ether oxygens (including phenoxy) is 3. The molecule has 1 aliphatic heterocycles. The van der Waals surface area contributed by atoms with Crippen LogP contribution in [-0.4, -0.2) is 78.1 Å². The maximum absolute atomic E-state index is 12.7. The maximum atomic E-state index is 12.7. The zero-order chi connectivity index (χ0) is 42.2. The van der Waals surface area contributed by atoms with Crippen LogP contribution in [0.3, 0.4) is 0 Å². The Morgan fingerprint density at radius 1 is 0.483 bits per heavy atom. The Labute approximate surface area is 354 Å². The Hall–Kier alpha value is -2.36. The molecule has 0 bridgehead atoms. The van der Waals surface area contributed by atoms with Crippen LogP contribution in [0.25, 0.3) is 0 Å². The average molecular weight is 824 g/mol. The molecular weight excluding hydrogens is 735 g/mol. The lowest BCUT2D eigenvalue weighted by atomic mass is 9.89. The Morgan fingerprint density at radius 3 is 1.45 bits per heavy atom. The van der Waals surface area contributed by atoms with Gasteiger partial charge >= 0.3 is 24.1 Å². The first-order valence-electron chi connectivity index (χ1n) is 24.4. The smallest absolute Gasteiger partial charge is 0.481 e. The third-order valence-electron chi connectivity index (χ3n) is 11.9. The monoisotopic (exact) mass is 824 g/mol. The molecule has 0 spiro atoms. The standard InChI is InChI=1S/C48H89NO9/c1-2-3-4-5-6-7-8-9-16-22-33-44(58-48(55)57-41-29-40-49-38-27-19-28-39-49)37-42-56-47(54)36-26-25-32-43(30-20-14-10-12-17-23-34-45(50)51)31-21-15-11-13-18-24-35-46(52)53/h43-44H,2-42H2,1H3,(H,50,51)(H,52,53). The van der Waals surface area contributed by atoms with E-state index in [2.05, 4.69) is 11.8 Å². The summed E-state index contributed by atoms with van der Waals surface area (Å²) in [5, 5.41) is 17.7. The van der Waals surface area contributed by atoms with Gasteiger partial charge in [0.05, 0.1) is 13.2 Å². The number of piperidine rings is 1. The molecule has 10 heteroatoms. The molecule has 10 nitrogen and oxygen atoms in total. The van der Waals surface area contributed by atoms with Gasteiger partial charge in [-0.15, -0.1) is 0 Å². The van der Waals surface area contributed by atoms with Gasteiger partial charge < -0.3 is 29.3 Å². The second kappa shape index (κ2) is 40.1. The van der Waals surface area contributed by atoms with Crippen LogP contribution >= 0.6 is 0 Å². The van der Waals surface area contributed by atoms with Gasteiger partial charge in [-0.05, 0) is 70.4 Å². The van der Waals surface area contributed by atoms with Crippen molar-refractivity contribution in [1.29, 1.82) is 0 Å². The summed E-state index contributed by atoms with van der Waals surface area (Å²) in [5.41, 5.74) is 0. The summed E-state index contributed by atoms with van der Waals surface area (Å²) in [6.45, 7) is 6.07. The number of carboxylic acids is 2. The van der Waals surface area contributed by atoms with Crippen LogP contribution in [0.4, 0.5) is 4.79 Å². The molecule has 1 heterocycles. The number of carboxylic acid groups (broad SMARTS) is 2. The van der Waals surface area contributed by atoms with Crippen molar-refractivity contribution in [1.82, 2.24) is 4.90 Å². The SMILES string of the molecule is CCCCCCCCCCCCC(CCOC(=O)CCCCC(CCCCCCCCC(=O)O)CCCCCCCCC(=O)O)OC(=O)OCCCN1CCCCC1. The minimum atomic E-state index is -0.711. The molecule has 1 fully saturated rings. The molecule has 58 heavy (non-hydrogen) atoms. The van der Waals surface area contributed by atoms with Crippen molar-refractivity contribution < 1.29 is 43.6 Å². The van der Waals surface area contributed by atoms with Crippen LogP contribution in [0.5, 0.6) is 0 Å². The molecule has 2 N–H and O–H groups in total. The molecule has 1 unspecified atom stereocenters. The fourth-order valence-electron chi connectivity index (χ4n) is 8.26. The summed E-state index contributed by atoms with van der Waals surface area (Å²) in [6, 6.07) is 0. The number of carbonyl (C=O) groups excluding carboxylic acids is 2. The fourth-order valence-corrected chi connectivity index (χ4v) is 8.26. The second-order valence-electron chi connectivity index (χ2n) is 17.3. The van der Waals surface area contributed by atoms with E-state index >= 15 is 0 Å². The highest BCUT2D eigenvalue weighted by molar-refractivity contribution is 5.69. The van der Waals surface area contributed by atoms with Gasteiger partial charge in [-0.3, -0.25) is 14.4 Å². The molecule has 1 saturated heterocycles. The number of hydrogen-bond donors (Lipinski definition) is 2. The third kappa shape index (κ3) is 36.7. The Balaban J connectivity index is 2.42. The first-order valence-corrected chi connectivity index (χ1v) is 24.4. The quantitative estimate of drug-likeness (QED) is 0.0451. The largest absolute Gasteiger partial charge is 0.508 e. The third-order valence-corrected chi connectivity index (χ3v) is 11.9. The molecule has 0 amide bonds. The predicted octanol–water partition coefficient (Wildman–Crippen LogP) is 13.2. The van der Waals surface area contributed by atoms with Crippen molar-refractivity contribution in [2.45, 2.75) is 244 Å². The number of carbonyl (C=O) groups is 4. The predicted molar refractivity (Wildman–Crippen MR) is 234 cm³/mol. The van der Waals surface area contributed by atoms with E-state index in [1.807, 2.05) is 0 Å². The van der Waals surface area contributed by atoms with E-state index in [9.17, 15) is 19.2 Å². The van der Waals surface area contributed by atoms with Gasteiger partial charge in [0.1, 0.15) is 6.10 Å². The van der Waals surface area contributed by atoms with Gasteiger partial charge in [-0.1, -0.05) is 161 Å². The van der Waals surface area contributed by atoms with Crippen molar-refractivity contribution in [3.8, 4) is 0 Å². The Morgan fingerprint density at radius 2 is 0.931 bits per heavy atom. The zero-order valence-electron chi connectivity index (χ0n) is 37.3. The van der Waals surface area contributed by atoms with Gasteiger partial charge in [-0.25, -0.2) is 4.79 Å². The molecule has 0 radical (unpaired) electrons. The fraction of sp³-hybridized carbons (Fsp3) is 0.917. The second-order valence-corrected chi connectivity index (χ2v) is 17.3. The van der Waals surface area contributed by atoms with Gasteiger partial charge in [0, 0.05) is 32.2 Å². The molecule has 0 aromatic rings. The minimum Gasteiger partial charge on any atom is -0.481 e. The first-order chi connectivity index (χ1) is 28.3. The van der Waals surface area contributed by atoms with E-state index in [0.29, 0.717) is 25.4 Å². The van der Waals surface area contributed by atoms with E-state index in [-0.39, 0.29) is 31.5 Å². The highest BCUT2D eigenvalue weighted by Gasteiger charge is 2.18. The lowest BCUT2D eigenvalue weighted by molar-refractivity contribution is -0.144. The number of hydrogen-bond acceptors (Lipinski definition) is 8. The summed E-state index contributed by atoms with van der Waals surface area (Å²) < 4.78 is 16.9. The van der Waals surface area contributed by atoms with E-state index in [0.717, 1.165) is 116 Å². The van der Waals surface area contributed by atoms with Crippen LogP contribution < -0.4 is 0 Å². The van der Waals surface area contributed by atoms with Crippen molar-refractivity contribution in [2.24, 2.45) is 5.92 Å². The number of likely N-dealkylation sites (tertiary alicyclic amines) is 1. The maximum Gasteiger partial charge on any atom is 0.508 e. The van der Waals surface area contributed by atoms with Gasteiger partial charge in [0.15, 0.2) is 0 Å². The molecule has 0 saturated carbocycles. The summed E-state index contributed by atoms with van der Waals surface area (Å²) in [7, 11) is 0. The topological polar surface area (TPSA) is 140 Å². The highest BCUT2D eigenvalue weighted by Crippen LogP contribution is 2.25. The zero-order valence-corrected chi connectivity index (χ0v) is 37.3. The van der Waals surface area contributed by atoms with Crippen LogP contribution in [-0.2, 0) is 28.6 Å². The summed E-state index contributed by atoms with van der Waals surface area (Å²) in [6.07, 6.45) is 36.4. The Bertz CT molecular complexity index is 956. The summed E-state index contributed by atoms with van der Waals surface area (Å²) >= 11 is 0. The lowest BCUT2D eigenvalue weighted by Crippen LogP contribution is -2.31. The normalized spacial score (nSPS) is 13.8. The van der Waals surface area contributed by atoms with Crippen molar-refractivity contribution in [2.75, 3.05) is 32.8 Å². The van der Waals surface area contributed by atoms with Crippen LogP contribution in [0, 0.1) is 5.92 Å². The molecule has 1 aliphatic rings. The van der Waals surface area contributed by atoms with Crippen LogP contribution in [0.15, 0.2) is 0 Å². The Kier molecular flexibility index (Phi) is 37.1. The minimum absolute atomic E-state index is 0.180. The van der Waals surface area contributed by atoms with Crippen molar-refractivity contribution >= 4 is 24.1 Å². The van der Waals surface area contributed by atoms with Crippen LogP contribution in [0.2, 0.25) is 0 Å². The van der Waals surface area contributed by atoms with E-state index in [4.69, 9.17) is 24.4 Å².